The molecule has 8 heteroatoms. The van der Waals surface area contributed by atoms with E-state index in [1.165, 1.54) is 0 Å². The van der Waals surface area contributed by atoms with Crippen LogP contribution in [0.15, 0.2) is 10.5 Å². The molecule has 0 aliphatic carbocycles. The number of rotatable bonds is 2. The molecule has 2 nitrogen and oxygen atoms in total. The Kier molecular flexibility index (Phi) is 5.51. The summed E-state index contributed by atoms with van der Waals surface area (Å²) >= 11 is 2.69. The van der Waals surface area contributed by atoms with Gasteiger partial charge in [0.05, 0.1) is 16.1 Å². The van der Waals surface area contributed by atoms with Crippen LogP contribution in [0.4, 0.5) is 17.6 Å². The molecule has 0 unspecified atom stereocenters. The highest BCUT2D eigenvalue weighted by molar-refractivity contribution is 9.10. The van der Waals surface area contributed by atoms with Gasteiger partial charge in [-0.3, -0.25) is 0 Å². The molecule has 1 atom stereocenters. The number of hydrogen-bond acceptors (Lipinski definition) is 2. The fourth-order valence-corrected chi connectivity index (χ4v) is 1.45. The lowest BCUT2D eigenvalue weighted by Crippen LogP contribution is -2.21. The Morgan fingerprint density at radius 3 is 2.25 bits per heavy atom. The van der Waals surface area contributed by atoms with Crippen LogP contribution in [0.2, 0.25) is 0 Å². The van der Waals surface area contributed by atoms with Gasteiger partial charge in [0, 0.05) is 0 Å². The predicted molar refractivity (Wildman–Crippen MR) is 55.9 cm³/mol. The molecular formula is C8H7BrClF4NO. The van der Waals surface area contributed by atoms with Crippen LogP contribution < -0.4 is 5.73 Å². The molecule has 3 N–H and O–H groups in total. The predicted octanol–water partition coefficient (Wildman–Crippen LogP) is 3.12. The lowest BCUT2D eigenvalue weighted by atomic mass is 10.1. The normalized spacial score (nSPS) is 12.4. The van der Waals surface area contributed by atoms with Crippen molar-refractivity contribution in [1.82, 2.24) is 0 Å². The molecule has 1 aromatic rings. The van der Waals surface area contributed by atoms with Gasteiger partial charge in [0.2, 0.25) is 0 Å². The first-order valence-electron chi connectivity index (χ1n) is 3.76. The largest absolute Gasteiger partial charge is 0.506 e. The summed E-state index contributed by atoms with van der Waals surface area (Å²) in [6.07, 6.45) is -3.10. The molecular weight excluding hydrogens is 317 g/mol. The lowest BCUT2D eigenvalue weighted by molar-refractivity contribution is 0.113. The number of benzene rings is 1. The number of aromatic hydroxyl groups is 1. The van der Waals surface area contributed by atoms with E-state index in [1.54, 1.807) is 0 Å². The maximum atomic E-state index is 13.1. The van der Waals surface area contributed by atoms with Crippen molar-refractivity contribution in [3.05, 3.63) is 27.7 Å². The summed E-state index contributed by atoms with van der Waals surface area (Å²) in [5.41, 5.74) is 4.01. The molecule has 0 amide bonds. The van der Waals surface area contributed by atoms with Crippen molar-refractivity contribution >= 4 is 28.3 Å². The van der Waals surface area contributed by atoms with Crippen molar-refractivity contribution in [3.8, 4) is 5.75 Å². The van der Waals surface area contributed by atoms with Crippen LogP contribution in [0, 0.1) is 11.6 Å². The SMILES string of the molecule is Cl.N[C@@H](c1c(O)c(Br)cc(F)c1F)C(F)F. The first-order chi connectivity index (χ1) is 6.86. The minimum absolute atomic E-state index is 0. The summed E-state index contributed by atoms with van der Waals surface area (Å²) in [5.74, 6) is -3.74. The van der Waals surface area contributed by atoms with Gasteiger partial charge in [0.25, 0.3) is 6.43 Å². The van der Waals surface area contributed by atoms with Gasteiger partial charge in [-0.2, -0.15) is 0 Å². The van der Waals surface area contributed by atoms with Crippen LogP contribution in [-0.2, 0) is 0 Å². The van der Waals surface area contributed by atoms with Crippen molar-refractivity contribution < 1.29 is 22.7 Å². The van der Waals surface area contributed by atoms with Gasteiger partial charge < -0.3 is 10.8 Å². The number of hydrogen-bond donors (Lipinski definition) is 2. The molecule has 1 rings (SSSR count). The van der Waals surface area contributed by atoms with Crippen LogP contribution in [0.1, 0.15) is 11.6 Å². The molecule has 0 spiro atoms. The maximum absolute atomic E-state index is 13.1. The quantitative estimate of drug-likeness (QED) is 0.648. The molecule has 16 heavy (non-hydrogen) atoms. The Balaban J connectivity index is 0.00000225. The third-order valence-electron chi connectivity index (χ3n) is 1.79. The van der Waals surface area contributed by atoms with E-state index in [0.717, 1.165) is 0 Å². The number of halogens is 6. The molecule has 0 aliphatic heterocycles. The van der Waals surface area contributed by atoms with E-state index in [9.17, 15) is 22.7 Å². The molecule has 0 bridgehead atoms. The van der Waals surface area contributed by atoms with Gasteiger partial charge >= 0.3 is 0 Å². The zero-order valence-electron chi connectivity index (χ0n) is 7.55. The highest BCUT2D eigenvalue weighted by Gasteiger charge is 2.28. The standard InChI is InChI=1S/C8H6BrF4NO.ClH/c9-2-1-3(10)5(11)4(7(2)15)6(14)8(12)13;/h1,6,8,15H,14H2;1H/t6-;/m0./s1. The van der Waals surface area contributed by atoms with Gasteiger partial charge in [-0.05, 0) is 22.0 Å². The second-order valence-corrected chi connectivity index (χ2v) is 3.63. The Morgan fingerprint density at radius 1 is 1.31 bits per heavy atom. The Labute approximate surface area is 103 Å². The second-order valence-electron chi connectivity index (χ2n) is 2.78. The molecule has 0 heterocycles. The first-order valence-corrected chi connectivity index (χ1v) is 4.55. The van der Waals surface area contributed by atoms with E-state index >= 15 is 0 Å². The summed E-state index contributed by atoms with van der Waals surface area (Å²) in [6, 6.07) is -1.44. The van der Waals surface area contributed by atoms with E-state index in [1.807, 2.05) is 0 Å². The lowest BCUT2D eigenvalue weighted by Gasteiger charge is -2.14. The monoisotopic (exact) mass is 323 g/mol. The van der Waals surface area contributed by atoms with Crippen LogP contribution in [-0.4, -0.2) is 11.5 Å². The van der Waals surface area contributed by atoms with E-state index < -0.39 is 35.4 Å². The average molecular weight is 324 g/mol. The third kappa shape index (κ3) is 2.78. The highest BCUT2D eigenvalue weighted by Crippen LogP contribution is 2.36. The molecule has 0 fully saturated rings. The minimum atomic E-state index is -3.10. The molecule has 92 valence electrons. The Morgan fingerprint density at radius 2 is 1.81 bits per heavy atom. The fraction of sp³-hybridized carbons (Fsp3) is 0.250. The molecule has 0 saturated carbocycles. The summed E-state index contributed by atoms with van der Waals surface area (Å²) in [5, 5.41) is 9.26. The van der Waals surface area contributed by atoms with Crippen LogP contribution >= 0.6 is 28.3 Å². The first kappa shape index (κ1) is 15.5. The number of phenolic OH excluding ortho intramolecular Hbond substituents is 1. The number of nitrogens with two attached hydrogens (primary N) is 1. The Hall–Kier alpha value is -0.530. The topological polar surface area (TPSA) is 46.2 Å². The third-order valence-corrected chi connectivity index (χ3v) is 2.39. The van der Waals surface area contributed by atoms with Crippen molar-refractivity contribution in [1.29, 1.82) is 0 Å². The van der Waals surface area contributed by atoms with Crippen LogP contribution in [0.3, 0.4) is 0 Å². The summed E-state index contributed by atoms with van der Waals surface area (Å²) < 4.78 is 50.1. The average Bonchev–Trinajstić information content (AvgIpc) is 2.15. The second kappa shape index (κ2) is 5.70. The van der Waals surface area contributed by atoms with E-state index in [0.29, 0.717) is 6.07 Å². The van der Waals surface area contributed by atoms with Crippen LogP contribution in [0.5, 0.6) is 5.75 Å². The van der Waals surface area contributed by atoms with Crippen molar-refractivity contribution in [2.45, 2.75) is 12.5 Å². The van der Waals surface area contributed by atoms with E-state index in [-0.39, 0.29) is 16.9 Å². The molecule has 1 aromatic carbocycles. The van der Waals surface area contributed by atoms with Gasteiger partial charge in [0.15, 0.2) is 11.6 Å². The van der Waals surface area contributed by atoms with Crippen molar-refractivity contribution in [3.63, 3.8) is 0 Å². The fourth-order valence-electron chi connectivity index (χ4n) is 1.03. The smallest absolute Gasteiger partial charge is 0.257 e. The van der Waals surface area contributed by atoms with Gasteiger partial charge in [0.1, 0.15) is 5.75 Å². The minimum Gasteiger partial charge on any atom is -0.506 e. The summed E-state index contributed by atoms with van der Waals surface area (Å²) in [7, 11) is 0. The van der Waals surface area contributed by atoms with Gasteiger partial charge in [-0.25, -0.2) is 17.6 Å². The zero-order chi connectivity index (χ0) is 11.7. The molecule has 0 radical (unpaired) electrons. The Bertz CT molecular complexity index is 365. The number of phenols is 1. The summed E-state index contributed by atoms with van der Waals surface area (Å²) in [6.45, 7) is 0. The zero-order valence-corrected chi connectivity index (χ0v) is 9.96. The molecule has 0 saturated heterocycles. The maximum Gasteiger partial charge on any atom is 0.257 e. The van der Waals surface area contributed by atoms with Crippen molar-refractivity contribution in [2.24, 2.45) is 5.73 Å². The molecule has 0 aromatic heterocycles. The van der Waals surface area contributed by atoms with Gasteiger partial charge in [-0.1, -0.05) is 0 Å². The molecule has 0 aliphatic rings. The van der Waals surface area contributed by atoms with E-state index in [2.05, 4.69) is 15.9 Å². The van der Waals surface area contributed by atoms with Gasteiger partial charge in [-0.15, -0.1) is 12.4 Å². The number of alkyl halides is 2. The van der Waals surface area contributed by atoms with E-state index in [4.69, 9.17) is 5.73 Å². The van der Waals surface area contributed by atoms with Crippen molar-refractivity contribution in [2.75, 3.05) is 0 Å². The summed E-state index contributed by atoms with van der Waals surface area (Å²) in [4.78, 5) is 0. The highest BCUT2D eigenvalue weighted by atomic mass is 79.9. The van der Waals surface area contributed by atoms with Crippen LogP contribution in [0.25, 0.3) is 0 Å².